The lowest BCUT2D eigenvalue weighted by Crippen LogP contribution is -2.55. The van der Waals surface area contributed by atoms with Gasteiger partial charge in [-0.3, -0.25) is 78.3 Å². The Morgan fingerprint density at radius 3 is 0.746 bits per heavy atom. The first-order valence-electron chi connectivity index (χ1n) is 43.2. The quantitative estimate of drug-likeness (QED) is 0.0653. The highest BCUT2D eigenvalue weighted by Crippen LogP contribution is 2.41. The van der Waals surface area contributed by atoms with E-state index in [0.29, 0.717) is 51.4 Å². The number of nitrogens with zero attached hydrogens (tertiary/aromatic N) is 16. The third-order valence-corrected chi connectivity index (χ3v) is 29.9. The number of fused-ring (bicyclic) bond motifs is 4. The predicted molar refractivity (Wildman–Crippen MR) is 488 cm³/mol. The van der Waals surface area contributed by atoms with Crippen molar-refractivity contribution in [3.63, 3.8) is 0 Å². The molecule has 0 saturated carbocycles. The molecule has 28 nitrogen and oxygen atoms in total. The van der Waals surface area contributed by atoms with Crippen molar-refractivity contribution in [2.45, 2.75) is 193 Å². The minimum Gasteiger partial charge on any atom is -0.323 e. The molecule has 652 valence electrons. The lowest BCUT2D eigenvalue weighted by Gasteiger charge is -2.40. The fraction of sp³-hybridized carbons (Fsp3) is 0.404. The molecule has 4 spiro atoms. The van der Waals surface area contributed by atoms with Gasteiger partial charge in [0.05, 0.1) is 89.1 Å². The number of amides is 12. The van der Waals surface area contributed by atoms with Gasteiger partial charge in [-0.15, -0.1) is 45.3 Å². The molecule has 0 unspecified atom stereocenters. The van der Waals surface area contributed by atoms with Crippen molar-refractivity contribution >= 4 is 134 Å². The van der Waals surface area contributed by atoms with Crippen LogP contribution in [-0.2, 0) is 45.4 Å². The molecule has 4 atom stereocenters. The number of imide groups is 4. The molecule has 8 aliphatic rings. The minimum absolute atomic E-state index is 0.106. The smallest absolute Gasteiger partial charge is 0.323 e. The van der Waals surface area contributed by atoms with Gasteiger partial charge in [0, 0.05) is 123 Å². The third kappa shape index (κ3) is 17.8. The number of rotatable bonds is 16. The van der Waals surface area contributed by atoms with Crippen LogP contribution in [0.15, 0.2) is 156 Å². The number of urea groups is 4. The zero-order valence-corrected chi connectivity index (χ0v) is 75.8. The van der Waals surface area contributed by atoms with Crippen molar-refractivity contribution in [1.82, 2.24) is 100 Å². The molecule has 0 bridgehead atoms. The number of thiazole rings is 4. The monoisotopic (exact) mass is 1770 g/mol. The van der Waals surface area contributed by atoms with Crippen molar-refractivity contribution < 1.29 is 38.4 Å². The predicted octanol–water partition coefficient (Wildman–Crippen LogP) is 15.2. The Morgan fingerprint density at radius 2 is 0.516 bits per heavy atom. The summed E-state index contributed by atoms with van der Waals surface area (Å²) in [4.78, 5) is 154. The highest BCUT2D eigenvalue weighted by molar-refractivity contribution is 7.17. The average Bonchev–Trinajstić information content (AvgIpc) is 1.62. The van der Waals surface area contributed by atoms with Gasteiger partial charge in [0.15, 0.2) is 0 Å². The maximum absolute atomic E-state index is 13.3. The van der Waals surface area contributed by atoms with Crippen LogP contribution in [0.5, 0.6) is 0 Å². The zero-order valence-electron chi connectivity index (χ0n) is 72.5. The summed E-state index contributed by atoms with van der Waals surface area (Å²) in [7, 11) is 0. The fourth-order valence-electron chi connectivity index (χ4n) is 19.3. The van der Waals surface area contributed by atoms with Gasteiger partial charge in [-0.05, 0) is 262 Å². The maximum Gasteiger partial charge on any atom is 0.325 e. The summed E-state index contributed by atoms with van der Waals surface area (Å²) < 4.78 is 4.77. The summed E-state index contributed by atoms with van der Waals surface area (Å²) in [6, 6.07) is 40.8. The number of likely N-dealkylation sites (tertiary alicyclic amines) is 4. The lowest BCUT2D eigenvalue weighted by atomic mass is 9.86. The molecular formula is C94H104N20O8S4. The Hall–Kier alpha value is -11.4. The normalized spacial score (nSPS) is 19.8. The second kappa shape index (κ2) is 35.8. The van der Waals surface area contributed by atoms with E-state index in [0.717, 1.165) is 131 Å². The van der Waals surface area contributed by atoms with E-state index in [9.17, 15) is 38.4 Å². The number of hydrogen-bond acceptors (Lipinski definition) is 24. The van der Waals surface area contributed by atoms with Crippen LogP contribution < -0.4 is 21.3 Å². The molecule has 8 fully saturated rings. The molecule has 4 N–H and O–H groups in total. The number of hydrogen-bond donors (Lipinski definition) is 4. The summed E-state index contributed by atoms with van der Waals surface area (Å²) in [5, 5.41) is 12.1. The molecule has 12 aromatic rings. The molecule has 126 heavy (non-hydrogen) atoms. The fourth-order valence-corrected chi connectivity index (χ4v) is 22.0. The van der Waals surface area contributed by atoms with Crippen LogP contribution in [0, 0.1) is 41.5 Å². The van der Waals surface area contributed by atoms with Crippen molar-refractivity contribution in [2.24, 2.45) is 0 Å². The molecule has 0 aliphatic carbocycles. The largest absolute Gasteiger partial charge is 0.325 e. The highest BCUT2D eigenvalue weighted by Gasteiger charge is 2.57. The van der Waals surface area contributed by atoms with Gasteiger partial charge < -0.3 is 21.3 Å². The third-order valence-electron chi connectivity index (χ3n) is 26.7. The number of carbonyl (C=O) groups is 8. The van der Waals surface area contributed by atoms with Crippen LogP contribution in [0.25, 0.3) is 40.9 Å². The number of piperidine rings is 4. The van der Waals surface area contributed by atoms with E-state index in [1.54, 1.807) is 57.7 Å². The second-order valence-electron chi connectivity index (χ2n) is 34.9. The van der Waals surface area contributed by atoms with Crippen LogP contribution in [0.2, 0.25) is 0 Å². The summed E-state index contributed by atoms with van der Waals surface area (Å²) in [5.41, 5.74) is 22.4. The first-order valence-corrected chi connectivity index (χ1v) is 46.7. The van der Waals surface area contributed by atoms with Crippen molar-refractivity contribution in [1.29, 1.82) is 0 Å². The van der Waals surface area contributed by atoms with E-state index in [2.05, 4.69) is 181 Å². The van der Waals surface area contributed by atoms with Crippen molar-refractivity contribution in [3.8, 4) is 0 Å². The molecule has 8 aliphatic heterocycles. The van der Waals surface area contributed by atoms with Crippen molar-refractivity contribution in [2.75, 3.05) is 52.4 Å². The molecule has 8 saturated heterocycles. The van der Waals surface area contributed by atoms with E-state index in [-0.39, 0.29) is 98.1 Å². The van der Waals surface area contributed by atoms with E-state index >= 15 is 0 Å². The Morgan fingerprint density at radius 1 is 0.294 bits per heavy atom. The molecule has 12 amide bonds. The summed E-state index contributed by atoms with van der Waals surface area (Å²) in [6.07, 6.45) is 8.36. The number of aromatic nitrogens is 8. The van der Waals surface area contributed by atoms with Gasteiger partial charge in [-0.2, -0.15) is 0 Å². The Balaban J connectivity index is 0.000000119. The highest BCUT2D eigenvalue weighted by atomic mass is 32.1. The van der Waals surface area contributed by atoms with Gasteiger partial charge in [0.2, 0.25) is 0 Å². The topological polar surface area (TPSA) is 314 Å². The van der Waals surface area contributed by atoms with Crippen molar-refractivity contribution in [3.05, 3.63) is 234 Å². The molecule has 0 radical (unpaired) electrons. The van der Waals surface area contributed by atoms with Gasteiger partial charge in [0.25, 0.3) is 23.6 Å². The van der Waals surface area contributed by atoms with E-state index in [4.69, 9.17) is 0 Å². The molecular weight excluding hydrogens is 1670 g/mol. The molecule has 16 heterocycles. The van der Waals surface area contributed by atoms with Gasteiger partial charge in [-0.1, -0.05) is 24.3 Å². The standard InChI is InChI=1S/2C24H27N5O2S.2C23H25N5O2S/c2*1-15-10-18(11-16(2)26-15)13-29-22(30)24(27-23(29)31)6-8-28(9-7-24)17(3)19-4-5-21-20(12-19)25-14-32-21;2*1-15-11-17(5-8-24-15)13-28-21(29)23(26-22(28)30)6-9-27(10-7-23)16(2)18-3-4-20-19(12-18)25-14-31-20/h2*4-5,10-12,14,17H,6-9,13H2,1-3H3,(H,27,31);2*3-5,8,11-12,14,16H,6-7,9-10,13H2,1-2H3,(H,26,30)/t2*17-;2*16-/m1010/s1. The van der Waals surface area contributed by atoms with Crippen LogP contribution in [0.3, 0.4) is 0 Å². The zero-order chi connectivity index (χ0) is 88.1. The number of pyridine rings is 4. The number of nitrogens with one attached hydrogen (secondary N) is 4. The van der Waals surface area contributed by atoms with Crippen LogP contribution in [0.4, 0.5) is 19.2 Å². The molecule has 4 aromatic carbocycles. The first-order chi connectivity index (χ1) is 60.6. The van der Waals surface area contributed by atoms with Gasteiger partial charge >= 0.3 is 24.1 Å². The summed E-state index contributed by atoms with van der Waals surface area (Å²) >= 11 is 6.59. The average molecular weight is 1770 g/mol. The molecule has 20 rings (SSSR count). The second-order valence-corrected chi connectivity index (χ2v) is 38.5. The summed E-state index contributed by atoms with van der Waals surface area (Å²) in [5.74, 6) is -0.428. The molecule has 8 aromatic heterocycles. The van der Waals surface area contributed by atoms with Gasteiger partial charge in [-0.25, -0.2) is 39.1 Å². The Kier molecular flexibility index (Phi) is 24.7. The van der Waals surface area contributed by atoms with Crippen LogP contribution in [-0.4, -0.2) is 201 Å². The molecule has 32 heteroatoms. The first kappa shape index (κ1) is 86.7. The van der Waals surface area contributed by atoms with E-state index in [1.807, 2.05) is 112 Å². The van der Waals surface area contributed by atoms with E-state index < -0.39 is 22.2 Å². The number of carbonyl (C=O) groups excluding carboxylic acids is 8. The van der Waals surface area contributed by atoms with Crippen LogP contribution in [0.1, 0.15) is 182 Å². The lowest BCUT2D eigenvalue weighted by molar-refractivity contribution is -0.134. The Bertz CT molecular complexity index is 5770. The minimum atomic E-state index is -0.788. The number of benzene rings is 4. The maximum atomic E-state index is 13.3. The Labute approximate surface area is 747 Å². The van der Waals surface area contributed by atoms with E-state index in [1.165, 1.54) is 60.7 Å². The van der Waals surface area contributed by atoms with Crippen LogP contribution >= 0.6 is 45.3 Å². The SMILES string of the molecule is Cc1cc(CN2C(=O)NC3(CCN([C@@H](C)c4ccc5scnc5c4)CC3)C2=O)cc(C)n1.Cc1cc(CN2C(=O)NC3(CCN([C@@H](C)c4ccc5scnc5c4)CC3)C2=O)ccn1.Cc1cc(CN2C(=O)NC3(CCN([C@H](C)c4ccc5scnc5c4)CC3)C2=O)cc(C)n1.Cc1cc(CN2C(=O)NC3(CCN([C@H](C)c4ccc5scnc5c4)CC3)C2=O)ccn1. The van der Waals surface area contributed by atoms with Gasteiger partial charge in [0.1, 0.15) is 22.2 Å². The summed E-state index contributed by atoms with van der Waals surface area (Å²) in [6.45, 7) is 27.4. The number of aryl methyl sites for hydroxylation is 6.